The normalized spacial score (nSPS) is 24.1. The molecule has 0 saturated carbocycles. The Kier molecular flexibility index (Phi) is 4.23. The Balaban J connectivity index is 1.82. The van der Waals surface area contributed by atoms with Crippen LogP contribution >= 0.6 is 11.3 Å². The smallest absolute Gasteiger partial charge is 0.317 e. The zero-order valence-electron chi connectivity index (χ0n) is 17.9. The number of para-hydroxylation sites is 1. The quantitative estimate of drug-likeness (QED) is 0.562. The van der Waals surface area contributed by atoms with Crippen LogP contribution in [0.15, 0.2) is 34.1 Å². The molecule has 160 valence electrons. The lowest BCUT2D eigenvalue weighted by Crippen LogP contribution is -2.58. The van der Waals surface area contributed by atoms with Crippen molar-refractivity contribution >= 4 is 23.4 Å². The van der Waals surface area contributed by atoms with Crippen LogP contribution in [0.25, 0.3) is 6.08 Å². The number of carbonyl (C=O) groups excluding carboxylic acids is 1. The molecule has 0 saturated heterocycles. The Hall–Kier alpha value is -3.20. The second kappa shape index (κ2) is 6.65. The van der Waals surface area contributed by atoms with Gasteiger partial charge < -0.3 is 9.47 Å². The Morgan fingerprint density at radius 3 is 2.74 bits per heavy atom. The van der Waals surface area contributed by atoms with Crippen molar-refractivity contribution < 1.29 is 14.3 Å². The van der Waals surface area contributed by atoms with E-state index in [-0.39, 0.29) is 5.56 Å². The minimum Gasteiger partial charge on any atom is -0.469 e. The first-order chi connectivity index (χ1) is 14.7. The van der Waals surface area contributed by atoms with Gasteiger partial charge in [-0.2, -0.15) is 5.10 Å². The number of hydrogen-bond donors (Lipinski definition) is 0. The molecular weight excluding hydrogens is 416 g/mol. The number of thiazole rings is 1. The fourth-order valence-corrected chi connectivity index (χ4v) is 5.64. The predicted molar refractivity (Wildman–Crippen MR) is 115 cm³/mol. The van der Waals surface area contributed by atoms with Crippen LogP contribution in [0.3, 0.4) is 0 Å². The van der Waals surface area contributed by atoms with Gasteiger partial charge in [-0.1, -0.05) is 29.5 Å². The van der Waals surface area contributed by atoms with Crippen molar-refractivity contribution in [1.82, 2.24) is 14.3 Å². The second-order valence-electron chi connectivity index (χ2n) is 8.03. The first-order valence-corrected chi connectivity index (χ1v) is 10.8. The molecule has 3 atom stereocenters. The van der Waals surface area contributed by atoms with Crippen LogP contribution in [0.5, 0.6) is 5.75 Å². The maximum Gasteiger partial charge on any atom is 0.317 e. The molecule has 0 amide bonds. The molecule has 0 fully saturated rings. The van der Waals surface area contributed by atoms with Crippen LogP contribution < -0.4 is 19.6 Å². The molecule has 8 nitrogen and oxygen atoms in total. The van der Waals surface area contributed by atoms with E-state index in [9.17, 15) is 9.59 Å². The molecule has 31 heavy (non-hydrogen) atoms. The summed E-state index contributed by atoms with van der Waals surface area (Å²) >= 11 is 1.29. The minimum atomic E-state index is -1.17. The summed E-state index contributed by atoms with van der Waals surface area (Å²) in [5.74, 6) is -0.618. The van der Waals surface area contributed by atoms with Gasteiger partial charge in [-0.15, -0.1) is 0 Å². The van der Waals surface area contributed by atoms with Gasteiger partial charge in [0.15, 0.2) is 4.80 Å². The van der Waals surface area contributed by atoms with Gasteiger partial charge in [0.2, 0.25) is 5.72 Å². The summed E-state index contributed by atoms with van der Waals surface area (Å²) in [7, 11) is 3.22. The van der Waals surface area contributed by atoms with Gasteiger partial charge in [0.1, 0.15) is 11.7 Å². The molecule has 2 aliphatic heterocycles. The van der Waals surface area contributed by atoms with Gasteiger partial charge in [-0.25, -0.2) is 4.99 Å². The number of nitrogens with zero attached hydrogens (tertiary/aromatic N) is 4. The van der Waals surface area contributed by atoms with E-state index in [2.05, 4.69) is 5.10 Å². The van der Waals surface area contributed by atoms with E-state index in [0.29, 0.717) is 15.1 Å². The number of rotatable bonds is 2. The minimum absolute atomic E-state index is 0.191. The molecule has 9 heteroatoms. The van der Waals surface area contributed by atoms with Gasteiger partial charge >= 0.3 is 5.97 Å². The molecule has 1 aromatic carbocycles. The summed E-state index contributed by atoms with van der Waals surface area (Å²) in [4.78, 5) is 31.7. The van der Waals surface area contributed by atoms with Crippen molar-refractivity contribution in [2.45, 2.75) is 32.5 Å². The van der Waals surface area contributed by atoms with Crippen molar-refractivity contribution in [2.24, 2.45) is 18.0 Å². The van der Waals surface area contributed by atoms with E-state index in [1.807, 2.05) is 51.2 Å². The maximum absolute atomic E-state index is 13.6. The SMILES string of the molecule is COC(=O)[C@@H]1[C@H]2c3ccccc3O[C@@]1(C)N=c1s/c(=C\c3c(C)nn(C)c3C)c(=O)n12. The Morgan fingerprint density at radius 2 is 2.06 bits per heavy atom. The molecule has 0 unspecified atom stereocenters. The Bertz CT molecular complexity index is 1420. The van der Waals surface area contributed by atoms with Gasteiger partial charge in [0, 0.05) is 23.9 Å². The summed E-state index contributed by atoms with van der Waals surface area (Å²) in [6.45, 7) is 5.65. The molecule has 2 aliphatic rings. The van der Waals surface area contributed by atoms with Crippen LogP contribution in [0.4, 0.5) is 0 Å². The molecule has 4 heterocycles. The highest BCUT2D eigenvalue weighted by molar-refractivity contribution is 7.07. The third-order valence-corrected chi connectivity index (χ3v) is 7.16. The van der Waals surface area contributed by atoms with Crippen molar-refractivity contribution in [3.05, 3.63) is 66.5 Å². The van der Waals surface area contributed by atoms with Crippen LogP contribution in [-0.2, 0) is 16.6 Å². The van der Waals surface area contributed by atoms with Gasteiger partial charge in [-0.3, -0.25) is 18.8 Å². The highest BCUT2D eigenvalue weighted by atomic mass is 32.1. The van der Waals surface area contributed by atoms with Crippen LogP contribution in [0.2, 0.25) is 0 Å². The van der Waals surface area contributed by atoms with E-state index in [4.69, 9.17) is 14.5 Å². The Morgan fingerprint density at radius 1 is 1.32 bits per heavy atom. The average molecular weight is 439 g/mol. The number of aromatic nitrogens is 3. The number of benzene rings is 1. The summed E-state index contributed by atoms with van der Waals surface area (Å²) < 4.78 is 15.2. The lowest BCUT2D eigenvalue weighted by atomic mass is 9.81. The monoisotopic (exact) mass is 438 g/mol. The standard InChI is InChI=1S/C22H22N4O4S/c1-11-14(12(2)25(4)24-11)10-16-19(27)26-18-13-8-6-7-9-15(13)30-22(3,23-21(26)31-16)17(18)20(28)29-5/h6-10,17-18H,1-5H3/b16-10-/t17-,18+,22+/m0/s1. The summed E-state index contributed by atoms with van der Waals surface area (Å²) in [6, 6.07) is 6.89. The lowest BCUT2D eigenvalue weighted by Gasteiger charge is -2.44. The van der Waals surface area contributed by atoms with Crippen molar-refractivity contribution in [3.63, 3.8) is 0 Å². The van der Waals surface area contributed by atoms with E-state index in [0.717, 1.165) is 22.5 Å². The molecule has 0 N–H and O–H groups in total. The van der Waals surface area contributed by atoms with Gasteiger partial charge in [-0.05, 0) is 32.9 Å². The van der Waals surface area contributed by atoms with E-state index in [1.165, 1.54) is 18.4 Å². The molecular formula is C22H22N4O4S. The van der Waals surface area contributed by atoms with Crippen molar-refractivity contribution in [1.29, 1.82) is 0 Å². The number of methoxy groups -OCH3 is 1. The summed E-state index contributed by atoms with van der Waals surface area (Å²) in [5, 5.41) is 4.44. The van der Waals surface area contributed by atoms with Crippen molar-refractivity contribution in [3.8, 4) is 5.75 Å². The van der Waals surface area contributed by atoms with Crippen molar-refractivity contribution in [2.75, 3.05) is 7.11 Å². The molecule has 0 radical (unpaired) electrons. The fraction of sp³-hybridized carbons (Fsp3) is 0.364. The molecule has 2 aromatic heterocycles. The predicted octanol–water partition coefficient (Wildman–Crippen LogP) is 1.21. The van der Waals surface area contributed by atoms with E-state index in [1.54, 1.807) is 16.2 Å². The number of ether oxygens (including phenoxy) is 2. The van der Waals surface area contributed by atoms with Crippen LogP contribution in [0.1, 0.15) is 35.5 Å². The van der Waals surface area contributed by atoms with Gasteiger partial charge in [0.25, 0.3) is 5.56 Å². The number of aryl methyl sites for hydroxylation is 2. The van der Waals surface area contributed by atoms with Crippen LogP contribution in [-0.4, -0.2) is 33.2 Å². The third kappa shape index (κ3) is 2.72. The van der Waals surface area contributed by atoms with E-state index >= 15 is 0 Å². The Labute approximate surface area is 182 Å². The number of esters is 1. The highest BCUT2D eigenvalue weighted by Gasteiger charge is 2.55. The fourth-order valence-electron chi connectivity index (χ4n) is 4.56. The molecule has 3 aromatic rings. The highest BCUT2D eigenvalue weighted by Crippen LogP contribution is 2.47. The van der Waals surface area contributed by atoms with E-state index < -0.39 is 23.7 Å². The summed E-state index contributed by atoms with van der Waals surface area (Å²) in [6.07, 6.45) is 1.86. The third-order valence-electron chi connectivity index (χ3n) is 6.18. The molecule has 5 rings (SSSR count). The first-order valence-electron chi connectivity index (χ1n) is 9.94. The number of hydrogen-bond acceptors (Lipinski definition) is 7. The zero-order valence-corrected chi connectivity index (χ0v) is 18.7. The number of carbonyl (C=O) groups is 1. The second-order valence-corrected chi connectivity index (χ2v) is 9.04. The van der Waals surface area contributed by atoms with Crippen LogP contribution in [0, 0.1) is 19.8 Å². The summed E-state index contributed by atoms with van der Waals surface area (Å²) in [5.41, 5.74) is 2.14. The molecule has 0 aliphatic carbocycles. The first kappa shape index (κ1) is 19.7. The average Bonchev–Trinajstić information content (AvgIpc) is 3.16. The molecule has 2 bridgehead atoms. The molecule has 0 spiro atoms. The number of fused-ring (bicyclic) bond motifs is 6. The van der Waals surface area contributed by atoms with Gasteiger partial charge in [0.05, 0.1) is 23.4 Å². The topological polar surface area (TPSA) is 87.7 Å². The largest absolute Gasteiger partial charge is 0.469 e. The maximum atomic E-state index is 13.6. The lowest BCUT2D eigenvalue weighted by molar-refractivity contribution is -0.158. The zero-order chi connectivity index (χ0) is 22.1.